The Bertz CT molecular complexity index is 1350. The van der Waals surface area contributed by atoms with Crippen LogP contribution in [0.15, 0.2) is 65.6 Å². The molecule has 3 aromatic rings. The third kappa shape index (κ3) is 5.88. The van der Waals surface area contributed by atoms with Gasteiger partial charge in [-0.05, 0) is 73.0 Å². The molecule has 0 saturated heterocycles. The Morgan fingerprint density at radius 1 is 1.00 bits per heavy atom. The molecule has 0 spiro atoms. The van der Waals surface area contributed by atoms with Crippen molar-refractivity contribution in [2.75, 3.05) is 19.5 Å². The number of nitrogens with one attached hydrogen (secondary N) is 2. The van der Waals surface area contributed by atoms with Crippen LogP contribution >= 0.6 is 0 Å². The van der Waals surface area contributed by atoms with Crippen LogP contribution in [0.4, 0.5) is 10.5 Å². The molecular weight excluding hydrogens is 474 g/mol. The number of fused-ring (bicyclic) bond motifs is 1. The molecule has 2 amide bonds. The van der Waals surface area contributed by atoms with Crippen LogP contribution in [0.5, 0.6) is 5.75 Å². The minimum absolute atomic E-state index is 0.0621. The first-order valence-electron chi connectivity index (χ1n) is 12.0. The van der Waals surface area contributed by atoms with Gasteiger partial charge in [-0.2, -0.15) is 0 Å². The monoisotopic (exact) mass is 507 g/mol. The van der Waals surface area contributed by atoms with Gasteiger partial charge in [0, 0.05) is 24.3 Å². The van der Waals surface area contributed by atoms with E-state index in [2.05, 4.69) is 22.5 Å². The molecule has 4 rings (SSSR count). The molecule has 1 aliphatic heterocycles. The van der Waals surface area contributed by atoms with E-state index in [1.165, 1.54) is 23.3 Å². The highest BCUT2D eigenvalue weighted by Gasteiger charge is 2.20. The highest BCUT2D eigenvalue weighted by Crippen LogP contribution is 2.27. The van der Waals surface area contributed by atoms with E-state index < -0.39 is 9.84 Å². The Balaban J connectivity index is 1.39. The number of anilines is 1. The lowest BCUT2D eigenvalue weighted by Gasteiger charge is -2.19. The van der Waals surface area contributed by atoms with E-state index in [0.29, 0.717) is 11.4 Å². The van der Waals surface area contributed by atoms with Gasteiger partial charge in [0.15, 0.2) is 9.84 Å². The van der Waals surface area contributed by atoms with Crippen LogP contribution in [0, 0.1) is 0 Å². The molecule has 0 fully saturated rings. The quantitative estimate of drug-likeness (QED) is 0.445. The van der Waals surface area contributed by atoms with Crippen molar-refractivity contribution in [1.82, 2.24) is 10.2 Å². The molecule has 0 aromatic heterocycles. The van der Waals surface area contributed by atoms with E-state index >= 15 is 0 Å². The van der Waals surface area contributed by atoms with Crippen molar-refractivity contribution in [1.29, 1.82) is 0 Å². The first-order valence-corrected chi connectivity index (χ1v) is 13.7. The number of aryl methyl sites for hydroxylation is 1. The van der Waals surface area contributed by atoms with E-state index in [9.17, 15) is 13.2 Å². The second-order valence-corrected chi connectivity index (χ2v) is 11.3. The standard InChI is InChI=1S/C28H33N3O4S/c1-5-20-7-13-27(35-4)26(15-20)19(2)29-28(32)30-24-9-11-25(12-10-24)36(33,34)18-21-6-8-22-16-31(3)17-23(22)14-21/h6-15,19H,5,16-18H2,1-4H3,(H2,29,30,32). The summed E-state index contributed by atoms with van der Waals surface area (Å²) in [5.74, 6) is 0.651. The van der Waals surface area contributed by atoms with Crippen LogP contribution < -0.4 is 15.4 Å². The summed E-state index contributed by atoms with van der Waals surface area (Å²) in [6, 6.07) is 17.5. The van der Waals surface area contributed by atoms with E-state index in [4.69, 9.17) is 4.74 Å². The zero-order chi connectivity index (χ0) is 25.9. The molecule has 8 heteroatoms. The Labute approximate surface area is 213 Å². The summed E-state index contributed by atoms with van der Waals surface area (Å²) >= 11 is 0. The van der Waals surface area contributed by atoms with Gasteiger partial charge in [-0.15, -0.1) is 0 Å². The highest BCUT2D eigenvalue weighted by molar-refractivity contribution is 7.90. The van der Waals surface area contributed by atoms with Gasteiger partial charge < -0.3 is 15.4 Å². The number of ether oxygens (including phenoxy) is 1. The number of amides is 2. The molecule has 0 aliphatic carbocycles. The van der Waals surface area contributed by atoms with Gasteiger partial charge >= 0.3 is 6.03 Å². The summed E-state index contributed by atoms with van der Waals surface area (Å²) in [5.41, 5.74) is 5.77. The number of methoxy groups -OCH3 is 1. The number of nitrogens with zero attached hydrogens (tertiary/aromatic N) is 1. The van der Waals surface area contributed by atoms with E-state index in [1.54, 1.807) is 19.2 Å². The van der Waals surface area contributed by atoms with Crippen molar-refractivity contribution >= 4 is 21.6 Å². The first kappa shape index (κ1) is 25.7. The van der Waals surface area contributed by atoms with Gasteiger partial charge in [-0.25, -0.2) is 13.2 Å². The van der Waals surface area contributed by atoms with Crippen molar-refractivity contribution < 1.29 is 17.9 Å². The molecule has 36 heavy (non-hydrogen) atoms. The van der Waals surface area contributed by atoms with Gasteiger partial charge in [0.2, 0.25) is 0 Å². The third-order valence-corrected chi connectivity index (χ3v) is 8.20. The lowest BCUT2D eigenvalue weighted by atomic mass is 10.0. The van der Waals surface area contributed by atoms with Crippen LogP contribution in [0.25, 0.3) is 0 Å². The highest BCUT2D eigenvalue weighted by atomic mass is 32.2. The summed E-state index contributed by atoms with van der Waals surface area (Å²) in [6.45, 7) is 5.69. The number of sulfone groups is 1. The lowest BCUT2D eigenvalue weighted by Crippen LogP contribution is -2.31. The summed E-state index contributed by atoms with van der Waals surface area (Å²) in [5, 5.41) is 5.70. The predicted molar refractivity (Wildman–Crippen MR) is 142 cm³/mol. The van der Waals surface area contributed by atoms with Gasteiger partial charge in [0.05, 0.1) is 23.8 Å². The van der Waals surface area contributed by atoms with Gasteiger partial charge in [0.25, 0.3) is 0 Å². The van der Waals surface area contributed by atoms with Crippen molar-refractivity contribution in [3.8, 4) is 5.75 Å². The lowest BCUT2D eigenvalue weighted by molar-refractivity contribution is 0.249. The van der Waals surface area contributed by atoms with Crippen LogP contribution in [0.3, 0.4) is 0 Å². The molecule has 0 saturated carbocycles. The van der Waals surface area contributed by atoms with Crippen molar-refractivity contribution in [2.45, 2.75) is 50.0 Å². The molecule has 1 aliphatic rings. The van der Waals surface area contributed by atoms with Crippen LogP contribution in [-0.2, 0) is 35.1 Å². The predicted octanol–water partition coefficient (Wildman–Crippen LogP) is 5.06. The number of benzene rings is 3. The normalized spacial score (nSPS) is 14.2. The molecule has 2 N–H and O–H groups in total. The Morgan fingerprint density at radius 2 is 1.69 bits per heavy atom. The minimum Gasteiger partial charge on any atom is -0.496 e. The SMILES string of the molecule is CCc1ccc(OC)c(C(C)NC(=O)Nc2ccc(S(=O)(=O)Cc3ccc4c(c3)CN(C)C4)cc2)c1. The average Bonchev–Trinajstić information content (AvgIpc) is 3.22. The summed E-state index contributed by atoms with van der Waals surface area (Å²) < 4.78 is 31.4. The Hall–Kier alpha value is -3.36. The van der Waals surface area contributed by atoms with Gasteiger partial charge in [-0.1, -0.05) is 37.3 Å². The topological polar surface area (TPSA) is 87.7 Å². The number of carbonyl (C=O) groups excluding carboxylic acids is 1. The fraction of sp³-hybridized carbons (Fsp3) is 0.321. The fourth-order valence-electron chi connectivity index (χ4n) is 4.54. The number of hydrogen-bond donors (Lipinski definition) is 2. The molecular formula is C28H33N3O4S. The van der Waals surface area contributed by atoms with E-state index in [-0.39, 0.29) is 22.7 Å². The number of urea groups is 1. The summed E-state index contributed by atoms with van der Waals surface area (Å²) in [7, 11) is 0.141. The number of rotatable bonds is 8. The number of hydrogen-bond acceptors (Lipinski definition) is 5. The van der Waals surface area contributed by atoms with E-state index in [0.717, 1.165) is 36.2 Å². The van der Waals surface area contributed by atoms with Crippen LogP contribution in [0.1, 0.15) is 47.7 Å². The maximum atomic E-state index is 13.0. The molecule has 1 atom stereocenters. The fourth-order valence-corrected chi connectivity index (χ4v) is 5.88. The maximum Gasteiger partial charge on any atom is 0.319 e. The smallest absolute Gasteiger partial charge is 0.319 e. The Morgan fingerprint density at radius 3 is 2.39 bits per heavy atom. The summed E-state index contributed by atoms with van der Waals surface area (Å²) in [6.07, 6.45) is 0.884. The van der Waals surface area contributed by atoms with Crippen molar-refractivity contribution in [3.63, 3.8) is 0 Å². The van der Waals surface area contributed by atoms with Gasteiger partial charge in [-0.3, -0.25) is 4.90 Å². The van der Waals surface area contributed by atoms with Gasteiger partial charge in [0.1, 0.15) is 5.75 Å². The average molecular weight is 508 g/mol. The second kappa shape index (κ2) is 10.7. The molecule has 3 aromatic carbocycles. The molecule has 7 nitrogen and oxygen atoms in total. The third-order valence-electron chi connectivity index (χ3n) is 6.50. The molecule has 0 radical (unpaired) electrons. The number of carbonyl (C=O) groups is 1. The maximum absolute atomic E-state index is 13.0. The Kier molecular flexibility index (Phi) is 7.66. The largest absolute Gasteiger partial charge is 0.496 e. The molecule has 1 heterocycles. The second-order valence-electron chi connectivity index (χ2n) is 9.31. The van der Waals surface area contributed by atoms with E-state index in [1.807, 2.05) is 50.4 Å². The zero-order valence-electron chi connectivity index (χ0n) is 21.2. The zero-order valence-corrected chi connectivity index (χ0v) is 22.0. The summed E-state index contributed by atoms with van der Waals surface area (Å²) in [4.78, 5) is 15.0. The molecule has 0 bridgehead atoms. The minimum atomic E-state index is -3.51. The van der Waals surface area contributed by atoms with Crippen LogP contribution in [0.2, 0.25) is 0 Å². The van der Waals surface area contributed by atoms with Crippen LogP contribution in [-0.4, -0.2) is 33.5 Å². The first-order chi connectivity index (χ1) is 17.2. The molecule has 190 valence electrons. The van der Waals surface area contributed by atoms with Crippen molar-refractivity contribution in [3.05, 3.63) is 88.5 Å². The molecule has 1 unspecified atom stereocenters. The van der Waals surface area contributed by atoms with Crippen molar-refractivity contribution in [2.24, 2.45) is 0 Å².